The summed E-state index contributed by atoms with van der Waals surface area (Å²) in [4.78, 5) is 4.19. The van der Waals surface area contributed by atoms with Gasteiger partial charge in [-0.25, -0.2) is 4.98 Å². The lowest BCUT2D eigenvalue weighted by molar-refractivity contribution is 0.260. The summed E-state index contributed by atoms with van der Waals surface area (Å²) in [7, 11) is 0. The summed E-state index contributed by atoms with van der Waals surface area (Å²) < 4.78 is 10.8. The fraction of sp³-hybridized carbons (Fsp3) is 0.357. The van der Waals surface area contributed by atoms with Crippen LogP contribution < -0.4 is 10.1 Å². The minimum atomic E-state index is 0.295. The van der Waals surface area contributed by atoms with Crippen molar-refractivity contribution in [1.82, 2.24) is 10.3 Å². The highest BCUT2D eigenvalue weighted by molar-refractivity contribution is 5.23. The maximum atomic E-state index is 5.59. The average Bonchev–Trinajstić information content (AvgIpc) is 2.90. The Hall–Kier alpha value is -1.81. The van der Waals surface area contributed by atoms with E-state index in [2.05, 4.69) is 24.1 Å². The van der Waals surface area contributed by atoms with Crippen molar-refractivity contribution >= 4 is 0 Å². The van der Waals surface area contributed by atoms with E-state index in [0.29, 0.717) is 18.5 Å². The molecule has 18 heavy (non-hydrogen) atoms. The van der Waals surface area contributed by atoms with Gasteiger partial charge in [0.15, 0.2) is 0 Å². The van der Waals surface area contributed by atoms with Gasteiger partial charge in [0.2, 0.25) is 5.88 Å². The zero-order valence-electron chi connectivity index (χ0n) is 10.7. The molecule has 0 bridgehead atoms. The van der Waals surface area contributed by atoms with Gasteiger partial charge in [-0.05, 0) is 37.2 Å². The minimum absolute atomic E-state index is 0.295. The molecule has 2 aromatic heterocycles. The number of nitrogens with zero attached hydrogens (tertiary/aromatic N) is 1. The number of hydrogen-bond acceptors (Lipinski definition) is 4. The number of nitrogens with one attached hydrogen (secondary N) is 1. The lowest BCUT2D eigenvalue weighted by Crippen LogP contribution is -2.17. The first-order valence-electron chi connectivity index (χ1n) is 6.14. The van der Waals surface area contributed by atoms with Crippen molar-refractivity contribution in [1.29, 1.82) is 0 Å². The molecule has 1 atom stereocenters. The van der Waals surface area contributed by atoms with Gasteiger partial charge in [0, 0.05) is 18.3 Å². The van der Waals surface area contributed by atoms with Gasteiger partial charge in [-0.15, -0.1) is 0 Å². The molecular formula is C14H18N2O2. The third-order valence-electron chi connectivity index (χ3n) is 2.71. The van der Waals surface area contributed by atoms with Gasteiger partial charge in [0.25, 0.3) is 0 Å². The molecule has 2 rings (SSSR count). The van der Waals surface area contributed by atoms with Crippen molar-refractivity contribution in [3.05, 3.63) is 48.0 Å². The Balaban J connectivity index is 1.98. The fourth-order valence-electron chi connectivity index (χ4n) is 1.74. The van der Waals surface area contributed by atoms with Gasteiger partial charge in [-0.3, -0.25) is 0 Å². The molecule has 4 heteroatoms. The van der Waals surface area contributed by atoms with Crippen LogP contribution in [0.3, 0.4) is 0 Å². The molecule has 0 aliphatic heterocycles. The first-order valence-corrected chi connectivity index (χ1v) is 6.14. The second kappa shape index (κ2) is 6.21. The minimum Gasteiger partial charge on any atom is -0.469 e. The molecule has 0 saturated carbocycles. The lowest BCUT2D eigenvalue weighted by atomic mass is 10.1. The van der Waals surface area contributed by atoms with Crippen LogP contribution in [0.25, 0.3) is 0 Å². The van der Waals surface area contributed by atoms with E-state index in [1.54, 1.807) is 12.5 Å². The molecule has 96 valence electrons. The van der Waals surface area contributed by atoms with E-state index >= 15 is 0 Å². The Bertz CT molecular complexity index is 468. The van der Waals surface area contributed by atoms with Gasteiger partial charge in [0.1, 0.15) is 12.4 Å². The van der Waals surface area contributed by atoms with Gasteiger partial charge in [-0.2, -0.15) is 0 Å². The van der Waals surface area contributed by atoms with Gasteiger partial charge in [-0.1, -0.05) is 6.92 Å². The number of pyridine rings is 1. The van der Waals surface area contributed by atoms with Gasteiger partial charge >= 0.3 is 0 Å². The van der Waals surface area contributed by atoms with E-state index in [1.807, 2.05) is 24.3 Å². The Morgan fingerprint density at radius 2 is 2.33 bits per heavy atom. The summed E-state index contributed by atoms with van der Waals surface area (Å²) in [5.41, 5.74) is 1.17. The standard InChI is InChI=1S/C14H18N2O2/c1-3-15-11(2)12-6-7-16-14(9-12)18-10-13-5-4-8-17-13/h4-9,11,15H,3,10H2,1-2H3. The van der Waals surface area contributed by atoms with Crippen molar-refractivity contribution < 1.29 is 9.15 Å². The molecule has 0 fully saturated rings. The van der Waals surface area contributed by atoms with E-state index in [4.69, 9.17) is 9.15 Å². The molecule has 0 amide bonds. The van der Waals surface area contributed by atoms with Crippen LogP contribution in [-0.2, 0) is 6.61 Å². The molecule has 0 saturated heterocycles. The van der Waals surface area contributed by atoms with E-state index in [1.165, 1.54) is 5.56 Å². The maximum Gasteiger partial charge on any atom is 0.213 e. The third-order valence-corrected chi connectivity index (χ3v) is 2.71. The highest BCUT2D eigenvalue weighted by atomic mass is 16.5. The summed E-state index contributed by atoms with van der Waals surface area (Å²) in [6.07, 6.45) is 3.40. The Morgan fingerprint density at radius 1 is 1.44 bits per heavy atom. The van der Waals surface area contributed by atoms with Crippen molar-refractivity contribution in [2.24, 2.45) is 0 Å². The molecule has 0 aliphatic carbocycles. The quantitative estimate of drug-likeness (QED) is 0.851. The SMILES string of the molecule is CCNC(C)c1ccnc(OCc2ccco2)c1. The van der Waals surface area contributed by atoms with Crippen LogP contribution >= 0.6 is 0 Å². The van der Waals surface area contributed by atoms with Crippen LogP contribution in [0.5, 0.6) is 5.88 Å². The van der Waals surface area contributed by atoms with Crippen LogP contribution in [0.15, 0.2) is 41.1 Å². The number of rotatable bonds is 6. The largest absolute Gasteiger partial charge is 0.469 e. The number of furan rings is 1. The molecule has 4 nitrogen and oxygen atoms in total. The molecule has 0 spiro atoms. The summed E-state index contributed by atoms with van der Waals surface area (Å²) in [5, 5.41) is 3.36. The molecule has 2 heterocycles. The smallest absolute Gasteiger partial charge is 0.213 e. The predicted molar refractivity (Wildman–Crippen MR) is 69.4 cm³/mol. The van der Waals surface area contributed by atoms with Crippen molar-refractivity contribution in [2.75, 3.05) is 6.54 Å². The van der Waals surface area contributed by atoms with E-state index in [0.717, 1.165) is 12.3 Å². The molecule has 1 N–H and O–H groups in total. The molecule has 0 radical (unpaired) electrons. The molecule has 1 unspecified atom stereocenters. The van der Waals surface area contributed by atoms with Gasteiger partial charge in [0.05, 0.1) is 6.26 Å². The van der Waals surface area contributed by atoms with Crippen molar-refractivity contribution in [3.63, 3.8) is 0 Å². The van der Waals surface area contributed by atoms with Crippen LogP contribution in [0.2, 0.25) is 0 Å². The maximum absolute atomic E-state index is 5.59. The zero-order valence-corrected chi connectivity index (χ0v) is 10.7. The van der Waals surface area contributed by atoms with Crippen LogP contribution in [0.4, 0.5) is 0 Å². The first kappa shape index (κ1) is 12.6. The van der Waals surface area contributed by atoms with Crippen LogP contribution in [-0.4, -0.2) is 11.5 Å². The van der Waals surface area contributed by atoms with Gasteiger partial charge < -0.3 is 14.5 Å². The molecule has 0 aliphatic rings. The molecule has 0 aromatic carbocycles. The van der Waals surface area contributed by atoms with Crippen LogP contribution in [0.1, 0.15) is 31.2 Å². The Labute approximate surface area is 107 Å². The van der Waals surface area contributed by atoms with Crippen molar-refractivity contribution in [3.8, 4) is 5.88 Å². The van der Waals surface area contributed by atoms with E-state index in [9.17, 15) is 0 Å². The summed E-state index contributed by atoms with van der Waals surface area (Å²) in [6, 6.07) is 7.97. The lowest BCUT2D eigenvalue weighted by Gasteiger charge is -2.13. The number of hydrogen-bond donors (Lipinski definition) is 1. The Kier molecular flexibility index (Phi) is 4.36. The second-order valence-electron chi connectivity index (χ2n) is 4.07. The summed E-state index contributed by atoms with van der Waals surface area (Å²) >= 11 is 0. The Morgan fingerprint density at radius 3 is 3.06 bits per heavy atom. The monoisotopic (exact) mass is 246 g/mol. The van der Waals surface area contributed by atoms with E-state index < -0.39 is 0 Å². The predicted octanol–water partition coefficient (Wildman–Crippen LogP) is 2.92. The highest BCUT2D eigenvalue weighted by Gasteiger charge is 2.06. The normalized spacial score (nSPS) is 12.3. The number of aromatic nitrogens is 1. The topological polar surface area (TPSA) is 47.3 Å². The van der Waals surface area contributed by atoms with Crippen LogP contribution in [0, 0.1) is 0 Å². The fourth-order valence-corrected chi connectivity index (χ4v) is 1.74. The summed E-state index contributed by atoms with van der Waals surface area (Å²) in [6.45, 7) is 5.55. The average molecular weight is 246 g/mol. The number of ether oxygens (including phenoxy) is 1. The van der Waals surface area contributed by atoms with Crippen molar-refractivity contribution in [2.45, 2.75) is 26.5 Å². The molecule has 2 aromatic rings. The third kappa shape index (κ3) is 3.34. The summed E-state index contributed by atoms with van der Waals surface area (Å²) in [5.74, 6) is 1.41. The first-order chi connectivity index (χ1) is 8.79. The zero-order chi connectivity index (χ0) is 12.8. The highest BCUT2D eigenvalue weighted by Crippen LogP contribution is 2.17. The molecular weight excluding hydrogens is 228 g/mol. The van der Waals surface area contributed by atoms with E-state index in [-0.39, 0.29) is 0 Å². The second-order valence-corrected chi connectivity index (χ2v) is 4.07.